The van der Waals surface area contributed by atoms with Crippen molar-refractivity contribution in [1.82, 2.24) is 5.32 Å². The van der Waals surface area contributed by atoms with Crippen LogP contribution in [0.3, 0.4) is 0 Å². The summed E-state index contributed by atoms with van der Waals surface area (Å²) in [6, 6.07) is 21.8. The maximum Gasteiger partial charge on any atom is 0.272 e. The minimum atomic E-state index is -0.407. The molecule has 0 atom stereocenters. The Morgan fingerprint density at radius 3 is 1.93 bits per heavy atom. The van der Waals surface area contributed by atoms with Crippen molar-refractivity contribution in [2.24, 2.45) is 0 Å². The summed E-state index contributed by atoms with van der Waals surface area (Å²) in [5.41, 5.74) is 4.17. The molecule has 0 spiro atoms. The second-order valence-corrected chi connectivity index (χ2v) is 6.97. The minimum absolute atomic E-state index is 0.145. The lowest BCUT2D eigenvalue weighted by Crippen LogP contribution is -2.30. The first-order chi connectivity index (χ1) is 14.4. The number of benzene rings is 3. The van der Waals surface area contributed by atoms with Gasteiger partial charge in [-0.15, -0.1) is 0 Å². The molecule has 0 heterocycles. The highest BCUT2D eigenvalue weighted by atomic mass is 16.5. The molecule has 0 saturated carbocycles. The molecule has 5 heteroatoms. The van der Waals surface area contributed by atoms with Gasteiger partial charge in [0, 0.05) is 11.3 Å². The quantitative estimate of drug-likeness (QED) is 0.588. The Labute approximate surface area is 176 Å². The highest BCUT2D eigenvalue weighted by molar-refractivity contribution is 6.10. The Morgan fingerprint density at radius 2 is 1.37 bits per heavy atom. The monoisotopic (exact) mass is 400 g/mol. The van der Waals surface area contributed by atoms with E-state index in [4.69, 9.17) is 4.74 Å². The van der Waals surface area contributed by atoms with Crippen molar-refractivity contribution in [3.8, 4) is 5.75 Å². The number of anilines is 1. The van der Waals surface area contributed by atoms with Crippen LogP contribution in [-0.4, -0.2) is 18.9 Å². The number of carbonyl (C=O) groups is 2. The molecule has 2 amide bonds. The van der Waals surface area contributed by atoms with Crippen LogP contribution in [0.15, 0.2) is 78.5 Å². The summed E-state index contributed by atoms with van der Waals surface area (Å²) in [5, 5.41) is 5.57. The molecule has 0 bridgehead atoms. The first-order valence-corrected chi connectivity index (χ1v) is 9.56. The number of carbonyl (C=O) groups excluding carboxylic acids is 2. The predicted molar refractivity (Wildman–Crippen MR) is 119 cm³/mol. The normalized spacial score (nSPS) is 11.0. The minimum Gasteiger partial charge on any atom is -0.497 e. The standard InChI is InChI=1S/C25H24N2O3/c1-17-4-10-20(11-5-17)24(28)27-23(16-19-8-14-22(30-3)15-9-19)25(29)26-21-12-6-18(2)7-13-21/h4-16H,1-3H3,(H,26,29)(H,27,28). The summed E-state index contributed by atoms with van der Waals surface area (Å²) in [6.07, 6.45) is 1.63. The van der Waals surface area contributed by atoms with E-state index in [9.17, 15) is 9.59 Å². The highest BCUT2D eigenvalue weighted by Crippen LogP contribution is 2.15. The number of amides is 2. The van der Waals surface area contributed by atoms with Gasteiger partial charge >= 0.3 is 0 Å². The molecule has 3 aromatic carbocycles. The zero-order chi connectivity index (χ0) is 21.5. The summed E-state index contributed by atoms with van der Waals surface area (Å²) in [6.45, 7) is 3.92. The van der Waals surface area contributed by atoms with Gasteiger partial charge in [-0.25, -0.2) is 0 Å². The van der Waals surface area contributed by atoms with Gasteiger partial charge in [-0.2, -0.15) is 0 Å². The summed E-state index contributed by atoms with van der Waals surface area (Å²) in [5.74, 6) is -0.0505. The molecule has 3 rings (SSSR count). The summed E-state index contributed by atoms with van der Waals surface area (Å²) >= 11 is 0. The van der Waals surface area contributed by atoms with Gasteiger partial charge in [-0.1, -0.05) is 47.5 Å². The molecule has 0 aliphatic carbocycles. The molecule has 152 valence electrons. The van der Waals surface area contributed by atoms with Crippen molar-refractivity contribution >= 4 is 23.6 Å². The zero-order valence-corrected chi connectivity index (χ0v) is 17.2. The molecule has 2 N–H and O–H groups in total. The number of methoxy groups -OCH3 is 1. The predicted octanol–water partition coefficient (Wildman–Crippen LogP) is 4.72. The average Bonchev–Trinajstić information content (AvgIpc) is 2.75. The summed E-state index contributed by atoms with van der Waals surface area (Å²) in [4.78, 5) is 25.6. The number of hydrogen-bond donors (Lipinski definition) is 2. The molecule has 0 aromatic heterocycles. The maximum absolute atomic E-state index is 12.9. The molecular formula is C25H24N2O3. The van der Waals surface area contributed by atoms with Crippen LogP contribution in [0.25, 0.3) is 6.08 Å². The maximum atomic E-state index is 12.9. The van der Waals surface area contributed by atoms with E-state index in [1.807, 2.05) is 62.4 Å². The fourth-order valence-electron chi connectivity index (χ4n) is 2.76. The summed E-state index contributed by atoms with van der Waals surface area (Å²) in [7, 11) is 1.59. The Kier molecular flexibility index (Phi) is 6.65. The van der Waals surface area contributed by atoms with E-state index in [1.54, 1.807) is 37.5 Å². The van der Waals surface area contributed by atoms with Gasteiger partial charge in [-0.3, -0.25) is 9.59 Å². The highest BCUT2D eigenvalue weighted by Gasteiger charge is 2.15. The molecule has 0 unspecified atom stereocenters. The average molecular weight is 400 g/mol. The van der Waals surface area contributed by atoms with Crippen LogP contribution >= 0.6 is 0 Å². The Morgan fingerprint density at radius 1 is 0.800 bits per heavy atom. The van der Waals surface area contributed by atoms with Crippen molar-refractivity contribution in [3.05, 3.63) is 101 Å². The lowest BCUT2D eigenvalue weighted by Gasteiger charge is -2.12. The van der Waals surface area contributed by atoms with Crippen molar-refractivity contribution in [2.45, 2.75) is 13.8 Å². The van der Waals surface area contributed by atoms with Crippen LogP contribution in [-0.2, 0) is 4.79 Å². The van der Waals surface area contributed by atoms with Gasteiger partial charge in [0.15, 0.2) is 0 Å². The van der Waals surface area contributed by atoms with Crippen molar-refractivity contribution < 1.29 is 14.3 Å². The smallest absolute Gasteiger partial charge is 0.272 e. The van der Waals surface area contributed by atoms with E-state index in [1.165, 1.54) is 0 Å². The number of nitrogens with one attached hydrogen (secondary N) is 2. The number of aryl methyl sites for hydroxylation is 2. The number of rotatable bonds is 6. The first-order valence-electron chi connectivity index (χ1n) is 9.56. The van der Waals surface area contributed by atoms with Gasteiger partial charge < -0.3 is 15.4 Å². The fraction of sp³-hybridized carbons (Fsp3) is 0.120. The van der Waals surface area contributed by atoms with Gasteiger partial charge in [0.2, 0.25) is 0 Å². The lowest BCUT2D eigenvalue weighted by molar-refractivity contribution is -0.113. The SMILES string of the molecule is COc1ccc(C=C(NC(=O)c2ccc(C)cc2)C(=O)Nc2ccc(C)cc2)cc1. The van der Waals surface area contributed by atoms with E-state index in [-0.39, 0.29) is 11.6 Å². The molecular weight excluding hydrogens is 376 g/mol. The molecule has 3 aromatic rings. The van der Waals surface area contributed by atoms with Crippen LogP contribution in [0.5, 0.6) is 5.75 Å². The molecule has 0 radical (unpaired) electrons. The van der Waals surface area contributed by atoms with Crippen molar-refractivity contribution in [3.63, 3.8) is 0 Å². The Balaban J connectivity index is 1.87. The number of ether oxygens (including phenoxy) is 1. The Bertz CT molecular complexity index is 1050. The molecule has 0 aliphatic rings. The van der Waals surface area contributed by atoms with E-state index in [0.29, 0.717) is 17.0 Å². The van der Waals surface area contributed by atoms with E-state index < -0.39 is 5.91 Å². The molecule has 30 heavy (non-hydrogen) atoms. The van der Waals surface area contributed by atoms with Crippen molar-refractivity contribution in [1.29, 1.82) is 0 Å². The topological polar surface area (TPSA) is 67.4 Å². The fourth-order valence-corrected chi connectivity index (χ4v) is 2.76. The van der Waals surface area contributed by atoms with Gasteiger partial charge in [-0.05, 0) is 61.9 Å². The number of hydrogen-bond acceptors (Lipinski definition) is 3. The second kappa shape index (κ2) is 9.56. The second-order valence-electron chi connectivity index (χ2n) is 6.97. The largest absolute Gasteiger partial charge is 0.497 e. The van der Waals surface area contributed by atoms with Crippen LogP contribution in [0.1, 0.15) is 27.0 Å². The first kappa shape index (κ1) is 20.9. The summed E-state index contributed by atoms with van der Waals surface area (Å²) < 4.78 is 5.17. The van der Waals surface area contributed by atoms with Crippen LogP contribution in [0.4, 0.5) is 5.69 Å². The van der Waals surface area contributed by atoms with E-state index in [2.05, 4.69) is 10.6 Å². The molecule has 0 fully saturated rings. The third-order valence-corrected chi connectivity index (χ3v) is 4.54. The van der Waals surface area contributed by atoms with E-state index in [0.717, 1.165) is 16.7 Å². The van der Waals surface area contributed by atoms with Crippen LogP contribution in [0.2, 0.25) is 0 Å². The van der Waals surface area contributed by atoms with Crippen LogP contribution < -0.4 is 15.4 Å². The van der Waals surface area contributed by atoms with Crippen LogP contribution in [0, 0.1) is 13.8 Å². The van der Waals surface area contributed by atoms with E-state index >= 15 is 0 Å². The van der Waals surface area contributed by atoms with Gasteiger partial charge in [0.25, 0.3) is 11.8 Å². The third kappa shape index (κ3) is 5.58. The van der Waals surface area contributed by atoms with Gasteiger partial charge in [0.05, 0.1) is 7.11 Å². The molecule has 0 aliphatic heterocycles. The third-order valence-electron chi connectivity index (χ3n) is 4.54. The molecule has 0 saturated heterocycles. The Hall–Kier alpha value is -3.86. The lowest BCUT2D eigenvalue weighted by atomic mass is 10.1. The zero-order valence-electron chi connectivity index (χ0n) is 17.2. The van der Waals surface area contributed by atoms with Crippen molar-refractivity contribution in [2.75, 3.05) is 12.4 Å². The molecule has 5 nitrogen and oxygen atoms in total. The van der Waals surface area contributed by atoms with Gasteiger partial charge in [0.1, 0.15) is 11.4 Å².